The van der Waals surface area contributed by atoms with Crippen molar-refractivity contribution < 1.29 is 9.53 Å². The average Bonchev–Trinajstić information content (AvgIpc) is 3.25. The third-order valence-electron chi connectivity index (χ3n) is 4.52. The van der Waals surface area contributed by atoms with Crippen molar-refractivity contribution in [3.63, 3.8) is 0 Å². The van der Waals surface area contributed by atoms with Crippen LogP contribution in [0.15, 0.2) is 42.7 Å². The van der Waals surface area contributed by atoms with Crippen molar-refractivity contribution in [2.45, 2.75) is 25.0 Å². The van der Waals surface area contributed by atoms with Crippen molar-refractivity contribution in [1.82, 2.24) is 20.0 Å². The van der Waals surface area contributed by atoms with E-state index in [1.807, 2.05) is 54.7 Å². The molecule has 0 spiro atoms. The number of nitrogens with zero attached hydrogens (tertiary/aromatic N) is 3. The highest BCUT2D eigenvalue weighted by molar-refractivity contribution is 5.75. The Morgan fingerprint density at radius 3 is 2.88 bits per heavy atom. The van der Waals surface area contributed by atoms with Gasteiger partial charge in [0.2, 0.25) is 0 Å². The minimum Gasteiger partial charge on any atom is -0.375 e. The summed E-state index contributed by atoms with van der Waals surface area (Å²) in [7, 11) is 3.56. The Balaban J connectivity index is 1.61. The second kappa shape index (κ2) is 7.49. The third kappa shape index (κ3) is 3.59. The minimum absolute atomic E-state index is 0.0423. The van der Waals surface area contributed by atoms with Crippen LogP contribution < -0.4 is 5.32 Å². The van der Waals surface area contributed by atoms with Crippen molar-refractivity contribution in [2.75, 3.05) is 20.2 Å². The molecule has 6 nitrogen and oxygen atoms in total. The standard InChI is InChI=1S/C18H24N4O2/c1-21-13-15(11-20-21)16-9-6-10-22(16)18(23)19-12-17(24-2)14-7-4-3-5-8-14/h3-5,7-8,11,13,16-17H,6,9-10,12H2,1-2H3,(H,19,23)/t16-,17-/m1/s1. The summed E-state index contributed by atoms with van der Waals surface area (Å²) < 4.78 is 7.30. The molecular weight excluding hydrogens is 304 g/mol. The molecule has 1 aliphatic heterocycles. The molecule has 0 bridgehead atoms. The molecule has 1 aliphatic rings. The highest BCUT2D eigenvalue weighted by Gasteiger charge is 2.31. The fraction of sp³-hybridized carbons (Fsp3) is 0.444. The zero-order valence-electron chi connectivity index (χ0n) is 14.2. The molecule has 2 aromatic rings. The van der Waals surface area contributed by atoms with Gasteiger partial charge in [0.1, 0.15) is 0 Å². The number of rotatable bonds is 5. The van der Waals surface area contributed by atoms with Crippen LogP contribution in [0.3, 0.4) is 0 Å². The van der Waals surface area contributed by atoms with Crippen LogP contribution in [-0.4, -0.2) is 40.9 Å². The molecule has 2 amide bonds. The summed E-state index contributed by atoms with van der Waals surface area (Å²) in [5.41, 5.74) is 2.15. The monoisotopic (exact) mass is 328 g/mol. The second-order valence-electron chi connectivity index (χ2n) is 6.12. The lowest BCUT2D eigenvalue weighted by Crippen LogP contribution is -2.41. The maximum Gasteiger partial charge on any atom is 0.318 e. The van der Waals surface area contributed by atoms with Gasteiger partial charge in [-0.05, 0) is 18.4 Å². The Kier molecular flexibility index (Phi) is 5.15. The smallest absolute Gasteiger partial charge is 0.318 e. The molecule has 0 saturated carbocycles. The van der Waals surface area contributed by atoms with E-state index in [0.29, 0.717) is 6.54 Å². The summed E-state index contributed by atoms with van der Waals surface area (Å²) in [4.78, 5) is 14.5. The number of benzene rings is 1. The lowest BCUT2D eigenvalue weighted by molar-refractivity contribution is 0.101. The van der Waals surface area contributed by atoms with E-state index in [4.69, 9.17) is 4.74 Å². The van der Waals surface area contributed by atoms with E-state index in [9.17, 15) is 4.79 Å². The highest BCUT2D eigenvalue weighted by atomic mass is 16.5. The number of amides is 2. The Labute approximate surface area is 142 Å². The quantitative estimate of drug-likeness (QED) is 0.918. The summed E-state index contributed by atoms with van der Waals surface area (Å²) >= 11 is 0. The maximum atomic E-state index is 12.6. The molecule has 1 aromatic carbocycles. The normalized spacial score (nSPS) is 18.6. The van der Waals surface area contributed by atoms with Gasteiger partial charge in [0.15, 0.2) is 0 Å². The number of hydrogen-bond acceptors (Lipinski definition) is 3. The predicted octanol–water partition coefficient (Wildman–Crippen LogP) is 2.65. The first-order chi connectivity index (χ1) is 11.7. The van der Waals surface area contributed by atoms with Crippen LogP contribution in [0.1, 0.15) is 36.1 Å². The molecule has 24 heavy (non-hydrogen) atoms. The number of nitrogens with one attached hydrogen (secondary N) is 1. The number of methoxy groups -OCH3 is 1. The molecule has 0 unspecified atom stereocenters. The number of aryl methyl sites for hydroxylation is 1. The maximum absolute atomic E-state index is 12.6. The molecule has 2 heterocycles. The molecule has 0 aliphatic carbocycles. The van der Waals surface area contributed by atoms with E-state index >= 15 is 0 Å². The number of urea groups is 1. The van der Waals surface area contributed by atoms with Gasteiger partial charge in [0.05, 0.1) is 18.3 Å². The van der Waals surface area contributed by atoms with E-state index in [1.54, 1.807) is 11.8 Å². The van der Waals surface area contributed by atoms with E-state index in [-0.39, 0.29) is 18.2 Å². The number of aromatic nitrogens is 2. The summed E-state index contributed by atoms with van der Waals surface area (Å²) in [5.74, 6) is 0. The van der Waals surface area contributed by atoms with E-state index in [1.165, 1.54) is 0 Å². The van der Waals surface area contributed by atoms with E-state index in [0.717, 1.165) is 30.5 Å². The fourth-order valence-electron chi connectivity index (χ4n) is 3.26. The number of hydrogen-bond donors (Lipinski definition) is 1. The van der Waals surface area contributed by atoms with E-state index < -0.39 is 0 Å². The van der Waals surface area contributed by atoms with Crippen molar-refractivity contribution >= 4 is 6.03 Å². The Morgan fingerprint density at radius 2 is 2.21 bits per heavy atom. The first-order valence-electron chi connectivity index (χ1n) is 8.30. The Bertz CT molecular complexity index is 671. The van der Waals surface area contributed by atoms with Crippen molar-refractivity contribution in [3.8, 4) is 0 Å². The van der Waals surface area contributed by atoms with Gasteiger partial charge in [0, 0.05) is 39.0 Å². The zero-order chi connectivity index (χ0) is 16.9. The van der Waals surface area contributed by atoms with Crippen LogP contribution in [0.4, 0.5) is 4.79 Å². The van der Waals surface area contributed by atoms with Gasteiger partial charge >= 0.3 is 6.03 Å². The van der Waals surface area contributed by atoms with Gasteiger partial charge in [-0.25, -0.2) is 4.79 Å². The number of carbonyl (C=O) groups is 1. The summed E-state index contributed by atoms with van der Waals surface area (Å²) in [5, 5.41) is 7.24. The van der Waals surface area contributed by atoms with Gasteiger partial charge in [-0.3, -0.25) is 4.68 Å². The lowest BCUT2D eigenvalue weighted by atomic mass is 10.1. The molecular formula is C18H24N4O2. The SMILES string of the molecule is CO[C@H](CNC(=O)N1CCC[C@@H]1c1cnn(C)c1)c1ccccc1. The molecule has 1 aromatic heterocycles. The van der Waals surface area contributed by atoms with Crippen LogP contribution in [0, 0.1) is 0 Å². The highest BCUT2D eigenvalue weighted by Crippen LogP contribution is 2.31. The molecule has 0 radical (unpaired) electrons. The first kappa shape index (κ1) is 16.5. The lowest BCUT2D eigenvalue weighted by Gasteiger charge is -2.25. The zero-order valence-corrected chi connectivity index (χ0v) is 14.2. The molecule has 1 N–H and O–H groups in total. The number of ether oxygens (including phenoxy) is 1. The van der Waals surface area contributed by atoms with Crippen LogP contribution >= 0.6 is 0 Å². The molecule has 1 saturated heterocycles. The Morgan fingerprint density at radius 1 is 1.42 bits per heavy atom. The third-order valence-corrected chi connectivity index (χ3v) is 4.52. The first-order valence-corrected chi connectivity index (χ1v) is 8.30. The van der Waals surface area contributed by atoms with Crippen molar-refractivity contribution in [2.24, 2.45) is 7.05 Å². The van der Waals surface area contributed by atoms with Gasteiger partial charge in [-0.1, -0.05) is 30.3 Å². The van der Waals surface area contributed by atoms with Crippen LogP contribution in [0.5, 0.6) is 0 Å². The average molecular weight is 328 g/mol. The molecule has 2 atom stereocenters. The summed E-state index contributed by atoms with van der Waals surface area (Å²) in [6, 6.07) is 10.0. The topological polar surface area (TPSA) is 59.4 Å². The van der Waals surface area contributed by atoms with E-state index in [2.05, 4.69) is 10.4 Å². The van der Waals surface area contributed by atoms with Crippen LogP contribution in [0.25, 0.3) is 0 Å². The predicted molar refractivity (Wildman–Crippen MR) is 91.5 cm³/mol. The largest absolute Gasteiger partial charge is 0.375 e. The van der Waals surface area contributed by atoms with Gasteiger partial charge in [-0.2, -0.15) is 5.10 Å². The number of likely N-dealkylation sites (tertiary alicyclic amines) is 1. The molecule has 1 fully saturated rings. The van der Waals surface area contributed by atoms with Gasteiger partial charge in [0.25, 0.3) is 0 Å². The minimum atomic E-state index is -0.144. The summed E-state index contributed by atoms with van der Waals surface area (Å²) in [6.45, 7) is 1.23. The molecule has 128 valence electrons. The molecule has 6 heteroatoms. The second-order valence-corrected chi connectivity index (χ2v) is 6.12. The fourth-order valence-corrected chi connectivity index (χ4v) is 3.26. The number of carbonyl (C=O) groups excluding carboxylic acids is 1. The summed E-state index contributed by atoms with van der Waals surface area (Å²) in [6.07, 6.45) is 5.68. The van der Waals surface area contributed by atoms with Gasteiger partial charge in [-0.15, -0.1) is 0 Å². The van der Waals surface area contributed by atoms with Crippen LogP contribution in [0.2, 0.25) is 0 Å². The van der Waals surface area contributed by atoms with Crippen LogP contribution in [-0.2, 0) is 11.8 Å². The van der Waals surface area contributed by atoms with Crippen molar-refractivity contribution in [1.29, 1.82) is 0 Å². The molecule has 3 rings (SSSR count). The van der Waals surface area contributed by atoms with Crippen molar-refractivity contribution in [3.05, 3.63) is 53.9 Å². The Hall–Kier alpha value is -2.34. The van der Waals surface area contributed by atoms with Gasteiger partial charge < -0.3 is 15.0 Å².